The molecular formula is C30H41N3O3S. The van der Waals surface area contributed by atoms with E-state index in [1.165, 1.54) is 0 Å². The van der Waals surface area contributed by atoms with Crippen LogP contribution in [0.5, 0.6) is 5.75 Å². The summed E-state index contributed by atoms with van der Waals surface area (Å²) >= 11 is 1.60. The lowest BCUT2D eigenvalue weighted by molar-refractivity contribution is -0.0170. The van der Waals surface area contributed by atoms with Crippen molar-refractivity contribution in [1.82, 2.24) is 14.9 Å². The Kier molecular flexibility index (Phi) is 8.14. The Bertz CT molecular complexity index is 1230. The number of aliphatic hydroxyl groups is 1. The molecule has 0 spiro atoms. The van der Waals surface area contributed by atoms with Crippen LogP contribution in [-0.4, -0.2) is 40.3 Å². The summed E-state index contributed by atoms with van der Waals surface area (Å²) in [6.45, 7) is 12.3. The summed E-state index contributed by atoms with van der Waals surface area (Å²) in [5.41, 5.74) is 4.47. The standard InChI is InChI=1S/C30H41N3O3S/c1-7-8-13-31-27(35)24-14-26(25-17-37-28(32-25)21-9-11-23(36-6)12-10-21)33(20(24)2)19-30(5)16-22(34)15-29(3,4)18-30/h9-12,14,17,22,34H,7-8,13,15-16,18-19H2,1-6H3,(H,31,35). The number of aromatic nitrogens is 2. The van der Waals surface area contributed by atoms with Gasteiger partial charge in [0.2, 0.25) is 0 Å². The third-order valence-corrected chi connectivity index (χ3v) is 8.38. The van der Waals surface area contributed by atoms with E-state index in [-0.39, 0.29) is 22.8 Å². The number of rotatable bonds is 9. The Morgan fingerprint density at radius 3 is 2.62 bits per heavy atom. The molecule has 2 aromatic heterocycles. The van der Waals surface area contributed by atoms with Crippen molar-refractivity contribution in [2.24, 2.45) is 10.8 Å². The van der Waals surface area contributed by atoms with Crippen molar-refractivity contribution in [3.05, 3.63) is 47.0 Å². The van der Waals surface area contributed by atoms with Crippen LogP contribution in [0.3, 0.4) is 0 Å². The van der Waals surface area contributed by atoms with Crippen molar-refractivity contribution in [1.29, 1.82) is 0 Å². The Morgan fingerprint density at radius 2 is 1.97 bits per heavy atom. The summed E-state index contributed by atoms with van der Waals surface area (Å²) in [5, 5.41) is 16.8. The molecule has 200 valence electrons. The molecule has 1 aromatic carbocycles. The predicted molar refractivity (Wildman–Crippen MR) is 151 cm³/mol. The lowest BCUT2D eigenvalue weighted by Crippen LogP contribution is -2.40. The van der Waals surface area contributed by atoms with E-state index in [1.54, 1.807) is 18.4 Å². The van der Waals surface area contributed by atoms with E-state index in [2.05, 4.69) is 43.0 Å². The Balaban J connectivity index is 1.72. The average Bonchev–Trinajstić information content (AvgIpc) is 3.43. The summed E-state index contributed by atoms with van der Waals surface area (Å²) in [7, 11) is 1.66. The fourth-order valence-electron chi connectivity index (χ4n) is 6.10. The van der Waals surface area contributed by atoms with Gasteiger partial charge in [0.15, 0.2) is 0 Å². The number of carbonyl (C=O) groups excluding carboxylic acids is 1. The number of thiazole rings is 1. The van der Waals surface area contributed by atoms with Crippen molar-refractivity contribution >= 4 is 17.2 Å². The van der Waals surface area contributed by atoms with E-state index in [0.717, 1.165) is 72.1 Å². The Labute approximate surface area is 225 Å². The van der Waals surface area contributed by atoms with Crippen LogP contribution in [0.2, 0.25) is 0 Å². The molecule has 2 unspecified atom stereocenters. The van der Waals surface area contributed by atoms with Gasteiger partial charge in [-0.15, -0.1) is 11.3 Å². The van der Waals surface area contributed by atoms with Crippen LogP contribution in [0.25, 0.3) is 22.0 Å². The van der Waals surface area contributed by atoms with Crippen molar-refractivity contribution in [2.45, 2.75) is 79.4 Å². The van der Waals surface area contributed by atoms with E-state index < -0.39 is 0 Å². The minimum Gasteiger partial charge on any atom is -0.497 e. The predicted octanol–water partition coefficient (Wildman–Crippen LogP) is 6.70. The molecule has 2 atom stereocenters. The number of nitrogens with one attached hydrogen (secondary N) is 1. The molecule has 4 rings (SSSR count). The smallest absolute Gasteiger partial charge is 0.253 e. The fourth-order valence-corrected chi connectivity index (χ4v) is 6.92. The minimum absolute atomic E-state index is 0.0364. The molecule has 6 nitrogen and oxygen atoms in total. The number of amides is 1. The SMILES string of the molecule is CCCCNC(=O)c1cc(-c2csc(-c3ccc(OC)cc3)n2)n(CC2(C)CC(O)CC(C)(C)C2)c1C. The van der Waals surface area contributed by atoms with Gasteiger partial charge in [0.05, 0.1) is 30.2 Å². The van der Waals surface area contributed by atoms with E-state index in [1.807, 2.05) is 37.3 Å². The highest BCUT2D eigenvalue weighted by Gasteiger charge is 2.41. The third kappa shape index (κ3) is 6.27. The minimum atomic E-state index is -0.314. The normalized spacial score (nSPS) is 21.1. The fraction of sp³-hybridized carbons (Fsp3) is 0.533. The van der Waals surface area contributed by atoms with Crippen LogP contribution in [0, 0.1) is 17.8 Å². The molecule has 3 aromatic rings. The summed E-state index contributed by atoms with van der Waals surface area (Å²) in [4.78, 5) is 18.1. The topological polar surface area (TPSA) is 76.4 Å². The molecular weight excluding hydrogens is 482 g/mol. The van der Waals surface area contributed by atoms with Gasteiger partial charge in [-0.2, -0.15) is 0 Å². The summed E-state index contributed by atoms with van der Waals surface area (Å²) in [5.74, 6) is 0.778. The van der Waals surface area contributed by atoms with E-state index in [0.29, 0.717) is 12.1 Å². The molecule has 1 aliphatic carbocycles. The maximum atomic E-state index is 13.2. The van der Waals surface area contributed by atoms with Crippen LogP contribution in [0.1, 0.15) is 75.9 Å². The van der Waals surface area contributed by atoms with Crippen molar-refractivity contribution < 1.29 is 14.6 Å². The van der Waals surface area contributed by atoms with Crippen molar-refractivity contribution in [3.8, 4) is 27.7 Å². The zero-order valence-electron chi connectivity index (χ0n) is 23.1. The molecule has 0 saturated heterocycles. The second-order valence-corrected chi connectivity index (χ2v) is 12.6. The molecule has 1 saturated carbocycles. The summed E-state index contributed by atoms with van der Waals surface area (Å²) in [6, 6.07) is 9.92. The first-order valence-electron chi connectivity index (χ1n) is 13.3. The second-order valence-electron chi connectivity index (χ2n) is 11.7. The van der Waals surface area contributed by atoms with Crippen molar-refractivity contribution in [3.63, 3.8) is 0 Å². The van der Waals surface area contributed by atoms with E-state index in [9.17, 15) is 9.90 Å². The number of benzene rings is 1. The monoisotopic (exact) mass is 523 g/mol. The quantitative estimate of drug-likeness (QED) is 0.306. The number of unbranched alkanes of at least 4 members (excludes halogenated alkanes) is 1. The maximum absolute atomic E-state index is 13.2. The molecule has 1 aliphatic rings. The highest BCUT2D eigenvalue weighted by Crippen LogP contribution is 2.48. The number of hydrogen-bond donors (Lipinski definition) is 2. The zero-order chi connectivity index (χ0) is 26.8. The van der Waals surface area contributed by atoms with Gasteiger partial charge in [-0.1, -0.05) is 34.1 Å². The first-order chi connectivity index (χ1) is 17.5. The summed E-state index contributed by atoms with van der Waals surface area (Å²) < 4.78 is 7.56. The number of aliphatic hydroxyl groups excluding tert-OH is 1. The largest absolute Gasteiger partial charge is 0.497 e. The van der Waals surface area contributed by atoms with Gasteiger partial charge in [0, 0.05) is 29.7 Å². The van der Waals surface area contributed by atoms with Crippen LogP contribution in [-0.2, 0) is 6.54 Å². The molecule has 7 heteroatoms. The second kappa shape index (κ2) is 11.0. The molecule has 37 heavy (non-hydrogen) atoms. The number of methoxy groups -OCH3 is 1. The molecule has 0 aliphatic heterocycles. The molecule has 2 heterocycles. The highest BCUT2D eigenvalue weighted by molar-refractivity contribution is 7.13. The van der Waals surface area contributed by atoms with Crippen LogP contribution < -0.4 is 10.1 Å². The Hall–Kier alpha value is -2.64. The van der Waals surface area contributed by atoms with E-state index in [4.69, 9.17) is 9.72 Å². The van der Waals surface area contributed by atoms with Gasteiger partial charge in [0.1, 0.15) is 10.8 Å². The third-order valence-electron chi connectivity index (χ3n) is 7.49. The van der Waals surface area contributed by atoms with Gasteiger partial charge in [-0.05, 0) is 73.8 Å². The molecule has 0 radical (unpaired) electrons. The average molecular weight is 524 g/mol. The van der Waals surface area contributed by atoms with Crippen LogP contribution in [0.4, 0.5) is 0 Å². The Morgan fingerprint density at radius 1 is 1.24 bits per heavy atom. The molecule has 1 fully saturated rings. The number of nitrogens with zero attached hydrogens (tertiary/aromatic N) is 2. The number of hydrogen-bond acceptors (Lipinski definition) is 5. The lowest BCUT2D eigenvalue weighted by atomic mass is 9.63. The summed E-state index contributed by atoms with van der Waals surface area (Å²) in [6.07, 6.45) is 4.27. The van der Waals surface area contributed by atoms with Crippen LogP contribution >= 0.6 is 11.3 Å². The van der Waals surface area contributed by atoms with Gasteiger partial charge >= 0.3 is 0 Å². The first-order valence-corrected chi connectivity index (χ1v) is 14.2. The van der Waals surface area contributed by atoms with Crippen molar-refractivity contribution in [2.75, 3.05) is 13.7 Å². The number of ether oxygens (including phenoxy) is 1. The number of carbonyl (C=O) groups is 1. The molecule has 1 amide bonds. The van der Waals surface area contributed by atoms with E-state index >= 15 is 0 Å². The maximum Gasteiger partial charge on any atom is 0.253 e. The molecule has 0 bridgehead atoms. The lowest BCUT2D eigenvalue weighted by Gasteiger charge is -2.45. The van der Waals surface area contributed by atoms with Crippen LogP contribution in [0.15, 0.2) is 35.7 Å². The zero-order valence-corrected chi connectivity index (χ0v) is 23.9. The first kappa shape index (κ1) is 27.4. The van der Waals surface area contributed by atoms with Gasteiger partial charge < -0.3 is 19.7 Å². The molecule has 2 N–H and O–H groups in total. The highest BCUT2D eigenvalue weighted by atomic mass is 32.1. The van der Waals surface area contributed by atoms with Gasteiger partial charge in [-0.25, -0.2) is 4.98 Å². The van der Waals surface area contributed by atoms with Gasteiger partial charge in [-0.3, -0.25) is 4.79 Å². The van der Waals surface area contributed by atoms with Gasteiger partial charge in [0.25, 0.3) is 5.91 Å².